The Morgan fingerprint density at radius 1 is 1.17 bits per heavy atom. The molecule has 0 saturated carbocycles. The van der Waals surface area contributed by atoms with Gasteiger partial charge in [-0.05, 0) is 42.5 Å². The highest BCUT2D eigenvalue weighted by molar-refractivity contribution is 5.81. The average molecular weight is 238 g/mol. The number of nitrogens with one attached hydrogen (secondary N) is 1. The maximum atomic E-state index is 5.21. The molecule has 1 aromatic heterocycles. The highest BCUT2D eigenvalue weighted by Gasteiger charge is 1.96. The number of hydrogen-bond acceptors (Lipinski definition) is 2. The van der Waals surface area contributed by atoms with Gasteiger partial charge in [0, 0.05) is 30.7 Å². The summed E-state index contributed by atoms with van der Waals surface area (Å²) in [5.74, 6) is 2.66. The van der Waals surface area contributed by atoms with Gasteiger partial charge in [0.25, 0.3) is 0 Å². The van der Waals surface area contributed by atoms with Gasteiger partial charge in [-0.25, -0.2) is 0 Å². The van der Waals surface area contributed by atoms with Crippen molar-refractivity contribution in [2.45, 2.75) is 25.8 Å². The van der Waals surface area contributed by atoms with E-state index in [4.69, 9.17) is 6.42 Å². The van der Waals surface area contributed by atoms with Crippen LogP contribution in [0.15, 0.2) is 36.7 Å². The van der Waals surface area contributed by atoms with Gasteiger partial charge in [0.05, 0.1) is 0 Å². The molecule has 2 heteroatoms. The molecule has 0 bridgehead atoms. The van der Waals surface area contributed by atoms with Gasteiger partial charge < -0.3 is 5.32 Å². The third kappa shape index (κ3) is 3.58. The van der Waals surface area contributed by atoms with Crippen LogP contribution in [0, 0.1) is 12.3 Å². The third-order valence-electron chi connectivity index (χ3n) is 2.96. The number of nitrogens with zero attached hydrogens (tertiary/aromatic N) is 1. The molecule has 0 aliphatic carbocycles. The first kappa shape index (κ1) is 12.6. The van der Waals surface area contributed by atoms with Crippen LogP contribution in [-0.2, 0) is 6.54 Å². The topological polar surface area (TPSA) is 24.9 Å². The van der Waals surface area contributed by atoms with Gasteiger partial charge >= 0.3 is 0 Å². The van der Waals surface area contributed by atoms with E-state index in [2.05, 4.69) is 34.4 Å². The molecule has 0 atom stereocenters. The molecule has 0 amide bonds. The molecule has 0 saturated heterocycles. The first-order valence-electron chi connectivity index (χ1n) is 6.37. The highest BCUT2D eigenvalue weighted by Crippen LogP contribution is 2.14. The van der Waals surface area contributed by atoms with Gasteiger partial charge in [-0.1, -0.05) is 12.1 Å². The number of benzene rings is 1. The number of unbranched alkanes of at least 4 members (excludes halogenated alkanes) is 2. The van der Waals surface area contributed by atoms with Gasteiger partial charge in [-0.2, -0.15) is 0 Å². The van der Waals surface area contributed by atoms with E-state index in [0.29, 0.717) is 0 Å². The zero-order valence-electron chi connectivity index (χ0n) is 10.5. The van der Waals surface area contributed by atoms with E-state index in [1.165, 1.54) is 16.3 Å². The Balaban J connectivity index is 1.83. The summed E-state index contributed by atoms with van der Waals surface area (Å²) in [4.78, 5) is 4.11. The predicted octanol–water partition coefficient (Wildman–Crippen LogP) is 3.13. The Labute approximate surface area is 108 Å². The van der Waals surface area contributed by atoms with Gasteiger partial charge in [0.2, 0.25) is 0 Å². The van der Waals surface area contributed by atoms with Crippen LogP contribution in [0.5, 0.6) is 0 Å². The summed E-state index contributed by atoms with van der Waals surface area (Å²) in [5, 5.41) is 5.88. The molecule has 0 radical (unpaired) electrons. The Hall–Kier alpha value is -1.85. The number of terminal acetylenes is 1. The molecule has 2 rings (SSSR count). The monoisotopic (exact) mass is 238 g/mol. The van der Waals surface area contributed by atoms with Crippen molar-refractivity contribution >= 4 is 10.8 Å². The van der Waals surface area contributed by atoms with Crippen molar-refractivity contribution in [2.75, 3.05) is 6.54 Å². The lowest BCUT2D eigenvalue weighted by Gasteiger charge is -2.05. The van der Waals surface area contributed by atoms with E-state index in [1.54, 1.807) is 0 Å². The SMILES string of the molecule is C#CCCCCNCc1ccc2cnccc2c1. The van der Waals surface area contributed by atoms with Gasteiger partial charge in [-0.3, -0.25) is 4.98 Å². The molecule has 18 heavy (non-hydrogen) atoms. The Morgan fingerprint density at radius 2 is 2.11 bits per heavy atom. The molecular weight excluding hydrogens is 220 g/mol. The fraction of sp³-hybridized carbons (Fsp3) is 0.312. The molecule has 92 valence electrons. The lowest BCUT2D eigenvalue weighted by molar-refractivity contribution is 0.630. The van der Waals surface area contributed by atoms with Gasteiger partial charge in [0.1, 0.15) is 0 Å². The summed E-state index contributed by atoms with van der Waals surface area (Å²) in [6, 6.07) is 8.54. The Kier molecular flexibility index (Phi) is 4.75. The van der Waals surface area contributed by atoms with Crippen molar-refractivity contribution in [3.8, 4) is 12.3 Å². The van der Waals surface area contributed by atoms with Crippen LogP contribution in [0.2, 0.25) is 0 Å². The molecule has 1 N–H and O–H groups in total. The molecule has 0 fully saturated rings. The van der Waals surface area contributed by atoms with Crippen LogP contribution in [0.1, 0.15) is 24.8 Å². The first-order valence-corrected chi connectivity index (χ1v) is 6.37. The Bertz CT molecular complexity index is 540. The summed E-state index contributed by atoms with van der Waals surface area (Å²) in [5.41, 5.74) is 1.31. The molecule has 0 aliphatic rings. The second-order valence-electron chi connectivity index (χ2n) is 4.40. The molecule has 2 nitrogen and oxygen atoms in total. The summed E-state index contributed by atoms with van der Waals surface area (Å²) in [6.07, 6.45) is 12.1. The molecule has 0 aliphatic heterocycles. The molecule has 2 aromatic rings. The average Bonchev–Trinajstić information content (AvgIpc) is 2.42. The van der Waals surface area contributed by atoms with E-state index in [0.717, 1.165) is 32.4 Å². The summed E-state index contributed by atoms with van der Waals surface area (Å²) >= 11 is 0. The van der Waals surface area contributed by atoms with Crippen molar-refractivity contribution in [3.63, 3.8) is 0 Å². The Morgan fingerprint density at radius 3 is 3.00 bits per heavy atom. The minimum Gasteiger partial charge on any atom is -0.313 e. The van der Waals surface area contributed by atoms with Crippen LogP contribution < -0.4 is 5.32 Å². The smallest absolute Gasteiger partial charge is 0.0346 e. The summed E-state index contributed by atoms with van der Waals surface area (Å²) in [6.45, 7) is 1.93. The number of hydrogen-bond donors (Lipinski definition) is 1. The molecule has 1 aromatic carbocycles. The second kappa shape index (κ2) is 6.78. The number of fused-ring (bicyclic) bond motifs is 1. The van der Waals surface area contributed by atoms with Crippen LogP contribution in [0.25, 0.3) is 10.8 Å². The van der Waals surface area contributed by atoms with E-state index >= 15 is 0 Å². The standard InChI is InChI=1S/C16H18N2/c1-2-3-4-5-9-17-12-14-6-7-16-13-18-10-8-15(16)11-14/h1,6-8,10-11,13,17H,3-5,9,12H2. The minimum absolute atomic E-state index is 0.880. The van der Waals surface area contributed by atoms with E-state index in [1.807, 2.05) is 18.5 Å². The molecular formula is C16H18N2. The quantitative estimate of drug-likeness (QED) is 0.618. The van der Waals surface area contributed by atoms with Gasteiger partial charge in [-0.15, -0.1) is 12.3 Å². The normalized spacial score (nSPS) is 10.4. The summed E-state index contributed by atoms with van der Waals surface area (Å²) in [7, 11) is 0. The predicted molar refractivity (Wildman–Crippen MR) is 76.1 cm³/mol. The zero-order chi connectivity index (χ0) is 12.6. The second-order valence-corrected chi connectivity index (χ2v) is 4.40. The fourth-order valence-electron chi connectivity index (χ4n) is 1.95. The number of rotatable bonds is 6. The van der Waals surface area contributed by atoms with Gasteiger partial charge in [0.15, 0.2) is 0 Å². The van der Waals surface area contributed by atoms with Crippen molar-refractivity contribution in [2.24, 2.45) is 0 Å². The van der Waals surface area contributed by atoms with Crippen LogP contribution >= 0.6 is 0 Å². The van der Waals surface area contributed by atoms with Crippen molar-refractivity contribution < 1.29 is 0 Å². The zero-order valence-corrected chi connectivity index (χ0v) is 10.5. The van der Waals surface area contributed by atoms with E-state index in [9.17, 15) is 0 Å². The largest absolute Gasteiger partial charge is 0.313 e. The van der Waals surface area contributed by atoms with Crippen molar-refractivity contribution in [1.82, 2.24) is 10.3 Å². The lowest BCUT2D eigenvalue weighted by atomic mass is 10.1. The third-order valence-corrected chi connectivity index (χ3v) is 2.96. The maximum Gasteiger partial charge on any atom is 0.0346 e. The van der Waals surface area contributed by atoms with Crippen LogP contribution in [0.3, 0.4) is 0 Å². The van der Waals surface area contributed by atoms with Crippen molar-refractivity contribution in [1.29, 1.82) is 0 Å². The van der Waals surface area contributed by atoms with Crippen LogP contribution in [-0.4, -0.2) is 11.5 Å². The highest BCUT2D eigenvalue weighted by atomic mass is 14.8. The van der Waals surface area contributed by atoms with Crippen molar-refractivity contribution in [3.05, 3.63) is 42.2 Å². The fourth-order valence-corrected chi connectivity index (χ4v) is 1.95. The van der Waals surface area contributed by atoms with Crippen LogP contribution in [0.4, 0.5) is 0 Å². The summed E-state index contributed by atoms with van der Waals surface area (Å²) < 4.78 is 0. The number of aromatic nitrogens is 1. The first-order chi connectivity index (χ1) is 8.90. The molecule has 0 unspecified atom stereocenters. The molecule has 0 spiro atoms. The minimum atomic E-state index is 0.880. The van der Waals surface area contributed by atoms with E-state index in [-0.39, 0.29) is 0 Å². The number of pyridine rings is 1. The maximum absolute atomic E-state index is 5.21. The lowest BCUT2D eigenvalue weighted by Crippen LogP contribution is -2.14. The van der Waals surface area contributed by atoms with E-state index < -0.39 is 0 Å². The molecule has 1 heterocycles.